The van der Waals surface area contributed by atoms with Gasteiger partial charge in [0.1, 0.15) is 5.82 Å². The molecule has 26 heavy (non-hydrogen) atoms. The number of anilines is 1. The zero-order valence-electron chi connectivity index (χ0n) is 14.2. The van der Waals surface area contributed by atoms with Gasteiger partial charge in [-0.15, -0.1) is 0 Å². The number of nitrogens with one attached hydrogen (secondary N) is 1. The van der Waals surface area contributed by atoms with Crippen molar-refractivity contribution in [2.24, 2.45) is 5.92 Å². The highest BCUT2D eigenvalue weighted by atomic mass is 35.5. The summed E-state index contributed by atoms with van der Waals surface area (Å²) in [6, 6.07) is 13.5. The smallest absolute Gasteiger partial charge is 0.231 e. The summed E-state index contributed by atoms with van der Waals surface area (Å²) < 4.78 is 0. The molecule has 132 valence electrons. The van der Waals surface area contributed by atoms with E-state index >= 15 is 0 Å². The molecule has 1 aliphatic heterocycles. The molecule has 1 aromatic carbocycles. The Kier molecular flexibility index (Phi) is 4.71. The highest BCUT2D eigenvalue weighted by Crippen LogP contribution is 2.28. The highest BCUT2D eigenvalue weighted by Gasteiger charge is 2.30. The van der Waals surface area contributed by atoms with Crippen LogP contribution in [0.2, 0.25) is 5.02 Å². The van der Waals surface area contributed by atoms with Gasteiger partial charge in [-0.1, -0.05) is 23.7 Å². The number of carbonyl (C=O) groups excluding carboxylic acids is 1. The fourth-order valence-electron chi connectivity index (χ4n) is 3.40. The molecule has 1 N–H and O–H groups in total. The predicted octanol–water partition coefficient (Wildman–Crippen LogP) is 4.11. The van der Waals surface area contributed by atoms with Crippen LogP contribution >= 0.6 is 11.6 Å². The number of pyridine rings is 1. The van der Waals surface area contributed by atoms with Crippen LogP contribution in [0.4, 0.5) is 5.82 Å². The maximum Gasteiger partial charge on any atom is 0.231 e. The first-order chi connectivity index (χ1) is 12.7. The summed E-state index contributed by atoms with van der Waals surface area (Å²) in [4.78, 5) is 18.8. The van der Waals surface area contributed by atoms with Crippen LogP contribution in [-0.2, 0) is 11.2 Å². The second kappa shape index (κ2) is 7.30. The number of nitrogens with zero attached hydrogens (tertiary/aromatic N) is 3. The van der Waals surface area contributed by atoms with Crippen molar-refractivity contribution in [2.45, 2.75) is 19.3 Å². The molecule has 1 fully saturated rings. The molecular formula is C20H19ClN4O. The Morgan fingerprint density at radius 3 is 2.69 bits per heavy atom. The van der Waals surface area contributed by atoms with Crippen LogP contribution in [0, 0.1) is 5.92 Å². The van der Waals surface area contributed by atoms with Crippen LogP contribution in [0.1, 0.15) is 18.4 Å². The molecule has 5 nitrogen and oxygen atoms in total. The SMILES string of the molecule is O=C1[C@@H](Cc2ccc(Cl)cc2)CCCN1c1cc(-c2ccncc2)n[nH]1. The highest BCUT2D eigenvalue weighted by molar-refractivity contribution is 6.30. The molecule has 0 aliphatic carbocycles. The standard InChI is InChI=1S/C20H19ClN4O/c21-17-5-3-14(4-6-17)12-16-2-1-11-25(20(16)26)19-13-18(23-24-19)15-7-9-22-10-8-15/h3-10,13,16H,1-2,11-12H2,(H,23,24)/t16-/m1/s1. The first kappa shape index (κ1) is 16.8. The predicted molar refractivity (Wildman–Crippen MR) is 102 cm³/mol. The molecule has 1 amide bonds. The van der Waals surface area contributed by atoms with E-state index in [4.69, 9.17) is 11.6 Å². The number of hydrogen-bond acceptors (Lipinski definition) is 3. The van der Waals surface area contributed by atoms with Crippen molar-refractivity contribution in [3.05, 3.63) is 65.4 Å². The molecule has 0 unspecified atom stereocenters. The number of H-pyrrole nitrogens is 1. The van der Waals surface area contributed by atoms with E-state index in [0.29, 0.717) is 11.6 Å². The average molecular weight is 367 g/mol. The van der Waals surface area contributed by atoms with Gasteiger partial charge in [0.15, 0.2) is 0 Å². The molecule has 0 spiro atoms. The summed E-state index contributed by atoms with van der Waals surface area (Å²) in [7, 11) is 0. The molecule has 0 bridgehead atoms. The Hall–Kier alpha value is -2.66. The van der Waals surface area contributed by atoms with E-state index in [9.17, 15) is 4.79 Å². The third-order valence-corrected chi connectivity index (χ3v) is 5.03. The zero-order valence-corrected chi connectivity index (χ0v) is 15.0. The molecule has 4 rings (SSSR count). The lowest BCUT2D eigenvalue weighted by atomic mass is 9.90. The lowest BCUT2D eigenvalue weighted by molar-refractivity contribution is -0.123. The Morgan fingerprint density at radius 1 is 1.15 bits per heavy atom. The summed E-state index contributed by atoms with van der Waals surface area (Å²) in [5, 5.41) is 8.08. The summed E-state index contributed by atoms with van der Waals surface area (Å²) in [5.41, 5.74) is 2.93. The minimum Gasteiger partial charge on any atom is -0.297 e. The first-order valence-electron chi connectivity index (χ1n) is 8.72. The van der Waals surface area contributed by atoms with Gasteiger partial charge in [-0.05, 0) is 49.1 Å². The van der Waals surface area contributed by atoms with Gasteiger partial charge in [0, 0.05) is 41.5 Å². The van der Waals surface area contributed by atoms with E-state index in [1.165, 1.54) is 0 Å². The minimum absolute atomic E-state index is 0.0161. The quantitative estimate of drug-likeness (QED) is 0.755. The van der Waals surface area contributed by atoms with Crippen molar-refractivity contribution >= 4 is 23.3 Å². The van der Waals surface area contributed by atoms with Crippen molar-refractivity contribution in [1.82, 2.24) is 15.2 Å². The molecule has 6 heteroatoms. The van der Waals surface area contributed by atoms with Crippen molar-refractivity contribution in [2.75, 3.05) is 11.4 Å². The van der Waals surface area contributed by atoms with E-state index in [1.807, 2.05) is 47.4 Å². The van der Waals surface area contributed by atoms with E-state index in [0.717, 1.165) is 41.9 Å². The Morgan fingerprint density at radius 2 is 1.92 bits per heavy atom. The maximum atomic E-state index is 13.0. The van der Waals surface area contributed by atoms with Gasteiger partial charge >= 0.3 is 0 Å². The fourth-order valence-corrected chi connectivity index (χ4v) is 3.53. The van der Waals surface area contributed by atoms with Crippen LogP contribution in [0.5, 0.6) is 0 Å². The van der Waals surface area contributed by atoms with Crippen molar-refractivity contribution < 1.29 is 4.79 Å². The van der Waals surface area contributed by atoms with Gasteiger partial charge in [-0.2, -0.15) is 5.10 Å². The molecular weight excluding hydrogens is 348 g/mol. The second-order valence-corrected chi connectivity index (χ2v) is 6.97. The van der Waals surface area contributed by atoms with Gasteiger partial charge < -0.3 is 0 Å². The molecule has 1 aliphatic rings. The van der Waals surface area contributed by atoms with Crippen LogP contribution in [0.25, 0.3) is 11.3 Å². The summed E-state index contributed by atoms with van der Waals surface area (Å²) in [6.45, 7) is 0.716. The number of aromatic amines is 1. The molecule has 1 atom stereocenters. The lowest BCUT2D eigenvalue weighted by Gasteiger charge is -2.31. The normalized spacial score (nSPS) is 17.5. The zero-order chi connectivity index (χ0) is 17.9. The third kappa shape index (κ3) is 3.48. The average Bonchev–Trinajstić information content (AvgIpc) is 3.16. The monoisotopic (exact) mass is 366 g/mol. The number of benzene rings is 1. The fraction of sp³-hybridized carbons (Fsp3) is 0.250. The number of piperidine rings is 1. The van der Waals surface area contributed by atoms with Crippen LogP contribution in [0.3, 0.4) is 0 Å². The van der Waals surface area contributed by atoms with Gasteiger partial charge in [0.25, 0.3) is 0 Å². The van der Waals surface area contributed by atoms with Crippen LogP contribution < -0.4 is 4.90 Å². The van der Waals surface area contributed by atoms with Crippen molar-refractivity contribution in [3.8, 4) is 11.3 Å². The van der Waals surface area contributed by atoms with Gasteiger partial charge in [0.05, 0.1) is 5.69 Å². The first-order valence-corrected chi connectivity index (χ1v) is 9.10. The largest absolute Gasteiger partial charge is 0.297 e. The van der Waals surface area contributed by atoms with E-state index in [1.54, 1.807) is 12.4 Å². The van der Waals surface area contributed by atoms with Gasteiger partial charge in [-0.25, -0.2) is 0 Å². The van der Waals surface area contributed by atoms with Crippen LogP contribution in [-0.4, -0.2) is 27.6 Å². The maximum absolute atomic E-state index is 13.0. The van der Waals surface area contributed by atoms with Crippen LogP contribution in [0.15, 0.2) is 54.9 Å². The van der Waals surface area contributed by atoms with Gasteiger partial charge in [0.2, 0.25) is 5.91 Å². The molecule has 2 aromatic heterocycles. The third-order valence-electron chi connectivity index (χ3n) is 4.78. The lowest BCUT2D eigenvalue weighted by Crippen LogP contribution is -2.42. The Balaban J connectivity index is 1.51. The minimum atomic E-state index is -0.0161. The summed E-state index contributed by atoms with van der Waals surface area (Å²) in [5.74, 6) is 0.886. The number of rotatable bonds is 4. The summed E-state index contributed by atoms with van der Waals surface area (Å²) in [6.07, 6.45) is 6.09. The molecule has 3 aromatic rings. The van der Waals surface area contributed by atoms with Gasteiger partial charge in [-0.3, -0.25) is 19.8 Å². The number of aromatic nitrogens is 3. The Labute approximate surface area is 157 Å². The van der Waals surface area contributed by atoms with E-state index < -0.39 is 0 Å². The van der Waals surface area contributed by atoms with E-state index in [-0.39, 0.29) is 11.8 Å². The molecule has 0 radical (unpaired) electrons. The number of carbonyl (C=O) groups is 1. The van der Waals surface area contributed by atoms with E-state index in [2.05, 4.69) is 15.2 Å². The molecule has 0 saturated carbocycles. The second-order valence-electron chi connectivity index (χ2n) is 6.53. The number of amides is 1. The number of halogens is 1. The number of hydrogen-bond donors (Lipinski definition) is 1. The van der Waals surface area contributed by atoms with Crippen molar-refractivity contribution in [3.63, 3.8) is 0 Å². The molecule has 1 saturated heterocycles. The molecule has 3 heterocycles. The topological polar surface area (TPSA) is 61.9 Å². The van der Waals surface area contributed by atoms with Crippen molar-refractivity contribution in [1.29, 1.82) is 0 Å². The summed E-state index contributed by atoms with van der Waals surface area (Å²) >= 11 is 5.95. The Bertz CT molecular complexity index is 892.